The minimum absolute atomic E-state index is 0.0335. The highest BCUT2D eigenvalue weighted by Crippen LogP contribution is 2.15. The number of hydrogen-bond donors (Lipinski definition) is 1. The van der Waals surface area contributed by atoms with Crippen molar-refractivity contribution in [1.29, 1.82) is 0 Å². The molecule has 0 aliphatic rings. The van der Waals surface area contributed by atoms with Crippen LogP contribution >= 0.6 is 22.6 Å². The lowest BCUT2D eigenvalue weighted by Crippen LogP contribution is -2.04. The van der Waals surface area contributed by atoms with Crippen LogP contribution in [0.2, 0.25) is 0 Å². The molecule has 0 spiro atoms. The number of rotatable bonds is 6. The van der Waals surface area contributed by atoms with Crippen LogP contribution in [0.1, 0.15) is 5.82 Å². The summed E-state index contributed by atoms with van der Waals surface area (Å²) in [4.78, 5) is 10.2. The Hall–Kier alpha value is -2.89. The van der Waals surface area contributed by atoms with Crippen molar-refractivity contribution < 1.29 is 4.92 Å². The smallest absolute Gasteiger partial charge is 0.269 e. The normalized spacial score (nSPS) is 10.9. The van der Waals surface area contributed by atoms with E-state index >= 15 is 0 Å². The van der Waals surface area contributed by atoms with Gasteiger partial charge in [0, 0.05) is 28.3 Å². The highest BCUT2D eigenvalue weighted by atomic mass is 127. The number of nitrogens with zero attached hydrogens (tertiary/aromatic N) is 6. The zero-order valence-electron chi connectivity index (χ0n) is 12.8. The number of hydrazone groups is 1. The van der Waals surface area contributed by atoms with Crippen LogP contribution in [0.5, 0.6) is 0 Å². The fourth-order valence-electron chi connectivity index (χ4n) is 2.02. The van der Waals surface area contributed by atoms with Crippen LogP contribution in [0.15, 0.2) is 53.6 Å². The van der Waals surface area contributed by atoms with Gasteiger partial charge in [-0.2, -0.15) is 9.78 Å². The van der Waals surface area contributed by atoms with Crippen molar-refractivity contribution in [3.05, 3.63) is 68.0 Å². The number of nitro benzene ring substituents is 1. The molecular formula is C15H12IN7O2. The van der Waals surface area contributed by atoms with E-state index in [1.54, 1.807) is 23.0 Å². The molecule has 0 aliphatic heterocycles. The van der Waals surface area contributed by atoms with E-state index in [1.165, 1.54) is 12.1 Å². The Morgan fingerprint density at radius 2 is 1.92 bits per heavy atom. The summed E-state index contributed by atoms with van der Waals surface area (Å²) in [6, 6.07) is 13.8. The molecule has 0 saturated heterocycles. The van der Waals surface area contributed by atoms with E-state index in [-0.39, 0.29) is 5.69 Å². The number of nitro groups is 1. The Labute approximate surface area is 156 Å². The number of nitrogens with one attached hydrogen (secondary N) is 1. The average Bonchev–Trinajstić information content (AvgIpc) is 3.08. The second-order valence-electron chi connectivity index (χ2n) is 4.91. The Balaban J connectivity index is 1.62. The number of non-ortho nitro benzene ring substituents is 1. The number of tetrazole rings is 1. The highest BCUT2D eigenvalue weighted by molar-refractivity contribution is 14.1. The average molecular weight is 449 g/mol. The largest absolute Gasteiger partial charge is 0.279 e. The van der Waals surface area contributed by atoms with Crippen LogP contribution in [0.4, 0.5) is 11.4 Å². The summed E-state index contributed by atoms with van der Waals surface area (Å²) >= 11 is 2.23. The second kappa shape index (κ2) is 7.79. The maximum atomic E-state index is 10.6. The van der Waals surface area contributed by atoms with Gasteiger partial charge in [0.2, 0.25) is 0 Å². The van der Waals surface area contributed by atoms with Crippen molar-refractivity contribution in [3.8, 4) is 5.69 Å². The predicted molar refractivity (Wildman–Crippen MR) is 101 cm³/mol. The Kier molecular flexibility index (Phi) is 5.28. The Morgan fingerprint density at radius 1 is 1.20 bits per heavy atom. The van der Waals surface area contributed by atoms with Crippen molar-refractivity contribution in [2.75, 3.05) is 5.43 Å². The summed E-state index contributed by atoms with van der Waals surface area (Å²) in [6.45, 7) is 0. The Bertz CT molecular complexity index is 891. The molecule has 0 atom stereocenters. The van der Waals surface area contributed by atoms with Gasteiger partial charge in [0.05, 0.1) is 16.3 Å². The molecule has 1 N–H and O–H groups in total. The first kappa shape index (κ1) is 17.0. The molecule has 1 aromatic heterocycles. The molecule has 0 saturated carbocycles. The summed E-state index contributed by atoms with van der Waals surface area (Å²) in [5.41, 5.74) is 4.37. The monoisotopic (exact) mass is 449 g/mol. The zero-order valence-corrected chi connectivity index (χ0v) is 14.9. The van der Waals surface area contributed by atoms with Gasteiger partial charge < -0.3 is 0 Å². The molecule has 0 amide bonds. The van der Waals surface area contributed by atoms with E-state index < -0.39 is 4.92 Å². The van der Waals surface area contributed by atoms with Gasteiger partial charge in [0.1, 0.15) is 0 Å². The first-order valence-electron chi connectivity index (χ1n) is 7.18. The third-order valence-electron chi connectivity index (χ3n) is 3.24. The molecule has 9 nitrogen and oxygen atoms in total. The van der Waals surface area contributed by atoms with Gasteiger partial charge in [-0.3, -0.25) is 15.5 Å². The predicted octanol–water partition coefficient (Wildman–Crippen LogP) is 2.82. The molecule has 1 heterocycles. The van der Waals surface area contributed by atoms with E-state index in [1.807, 2.05) is 24.3 Å². The lowest BCUT2D eigenvalue weighted by atomic mass is 10.3. The first-order chi connectivity index (χ1) is 12.1. The summed E-state index contributed by atoms with van der Waals surface area (Å²) in [7, 11) is 0. The summed E-state index contributed by atoms with van der Waals surface area (Å²) < 4.78 is 2.78. The van der Waals surface area contributed by atoms with E-state index in [0.29, 0.717) is 17.9 Å². The third kappa shape index (κ3) is 4.35. The minimum atomic E-state index is -0.447. The number of benzene rings is 2. The number of anilines is 1. The molecule has 3 aromatic rings. The van der Waals surface area contributed by atoms with Crippen molar-refractivity contribution in [2.24, 2.45) is 5.10 Å². The maximum Gasteiger partial charge on any atom is 0.269 e. The van der Waals surface area contributed by atoms with Gasteiger partial charge in [-0.25, -0.2) is 0 Å². The molecule has 0 aliphatic carbocycles. The first-order valence-corrected chi connectivity index (χ1v) is 8.26. The van der Waals surface area contributed by atoms with Crippen molar-refractivity contribution in [1.82, 2.24) is 20.2 Å². The van der Waals surface area contributed by atoms with Gasteiger partial charge in [-0.05, 0) is 69.4 Å². The molecule has 0 unspecified atom stereocenters. The summed E-state index contributed by atoms with van der Waals surface area (Å²) in [6.07, 6.45) is 2.06. The molecule has 0 bridgehead atoms. The molecule has 10 heteroatoms. The van der Waals surface area contributed by atoms with E-state index in [2.05, 4.69) is 48.6 Å². The maximum absolute atomic E-state index is 10.6. The van der Waals surface area contributed by atoms with Gasteiger partial charge in [-0.15, -0.1) is 5.10 Å². The molecule has 126 valence electrons. The minimum Gasteiger partial charge on any atom is -0.279 e. The quantitative estimate of drug-likeness (QED) is 0.268. The van der Waals surface area contributed by atoms with Crippen LogP contribution < -0.4 is 5.43 Å². The van der Waals surface area contributed by atoms with Crippen LogP contribution in [-0.2, 0) is 6.42 Å². The van der Waals surface area contributed by atoms with Crippen LogP contribution in [-0.4, -0.2) is 31.3 Å². The fraction of sp³-hybridized carbons (Fsp3) is 0.0667. The zero-order chi connectivity index (χ0) is 17.6. The number of aromatic nitrogens is 4. The van der Waals surface area contributed by atoms with Crippen LogP contribution in [0.25, 0.3) is 5.69 Å². The van der Waals surface area contributed by atoms with Crippen molar-refractivity contribution in [3.63, 3.8) is 0 Å². The van der Waals surface area contributed by atoms with E-state index in [4.69, 9.17) is 0 Å². The molecular weight excluding hydrogens is 437 g/mol. The van der Waals surface area contributed by atoms with Crippen LogP contribution in [0.3, 0.4) is 0 Å². The number of hydrogen-bond acceptors (Lipinski definition) is 7. The molecule has 2 aromatic carbocycles. The van der Waals surface area contributed by atoms with Crippen LogP contribution in [0, 0.1) is 13.7 Å². The third-order valence-corrected chi connectivity index (χ3v) is 3.96. The van der Waals surface area contributed by atoms with Crippen molar-refractivity contribution >= 4 is 40.2 Å². The standard InChI is InChI=1S/C15H12IN7O2/c16-11-1-5-13(6-2-11)22-15(19-20-21-22)9-10-17-18-12-3-7-14(8-4-12)23(24)25/h1-8,10,18H,9H2. The molecule has 25 heavy (non-hydrogen) atoms. The lowest BCUT2D eigenvalue weighted by Gasteiger charge is -2.03. The van der Waals surface area contributed by atoms with Gasteiger partial charge >= 0.3 is 0 Å². The van der Waals surface area contributed by atoms with Gasteiger partial charge in [-0.1, -0.05) is 0 Å². The fourth-order valence-corrected chi connectivity index (χ4v) is 2.38. The molecule has 0 radical (unpaired) electrons. The second-order valence-corrected chi connectivity index (χ2v) is 6.16. The molecule has 0 fully saturated rings. The highest BCUT2D eigenvalue weighted by Gasteiger charge is 2.07. The van der Waals surface area contributed by atoms with E-state index in [9.17, 15) is 10.1 Å². The lowest BCUT2D eigenvalue weighted by molar-refractivity contribution is -0.384. The summed E-state index contributed by atoms with van der Waals surface area (Å²) in [5.74, 6) is 0.649. The molecule has 3 rings (SSSR count). The SMILES string of the molecule is O=[N+]([O-])c1ccc(NN=CCc2nnnn2-c2ccc(I)cc2)cc1. The number of halogens is 1. The van der Waals surface area contributed by atoms with Gasteiger partial charge in [0.15, 0.2) is 5.82 Å². The van der Waals surface area contributed by atoms with Gasteiger partial charge in [0.25, 0.3) is 5.69 Å². The summed E-state index contributed by atoms with van der Waals surface area (Å²) in [5, 5.41) is 26.4. The van der Waals surface area contributed by atoms with E-state index in [0.717, 1.165) is 9.26 Å². The Morgan fingerprint density at radius 3 is 2.60 bits per heavy atom. The topological polar surface area (TPSA) is 111 Å². The van der Waals surface area contributed by atoms with Crippen molar-refractivity contribution in [2.45, 2.75) is 6.42 Å².